The van der Waals surface area contributed by atoms with Gasteiger partial charge < -0.3 is 10.2 Å². The predicted octanol–water partition coefficient (Wildman–Crippen LogP) is 5.95. The molecule has 0 spiro atoms. The number of unbranched alkanes of at least 4 members (excludes halogenated alkanes) is 4. The standard InChI is InChI=1S/C21H44O2/c1-9-11-13-15-21(16-14-12-10-2,17(22)19(3,4)5)18(23)20(6,7)8/h17-18,22-23H,9-16H2,1-8H3. The zero-order valence-corrected chi connectivity index (χ0v) is 17.2. The third kappa shape index (κ3) is 6.74. The van der Waals surface area contributed by atoms with Crippen molar-refractivity contribution in [3.8, 4) is 0 Å². The van der Waals surface area contributed by atoms with Gasteiger partial charge in [0.1, 0.15) is 0 Å². The van der Waals surface area contributed by atoms with Gasteiger partial charge >= 0.3 is 0 Å². The second kappa shape index (κ2) is 9.42. The largest absolute Gasteiger partial charge is 0.392 e. The first-order valence-corrected chi connectivity index (χ1v) is 9.79. The van der Waals surface area contributed by atoms with Crippen molar-refractivity contribution >= 4 is 0 Å². The molecule has 0 saturated heterocycles. The van der Waals surface area contributed by atoms with Crippen molar-refractivity contribution in [3.05, 3.63) is 0 Å². The Kier molecular flexibility index (Phi) is 9.38. The lowest BCUT2D eigenvalue weighted by molar-refractivity contribution is -0.157. The van der Waals surface area contributed by atoms with Crippen molar-refractivity contribution in [3.63, 3.8) is 0 Å². The van der Waals surface area contributed by atoms with Crippen LogP contribution in [0.3, 0.4) is 0 Å². The normalized spacial score (nSPS) is 16.4. The summed E-state index contributed by atoms with van der Waals surface area (Å²) in [6, 6.07) is 0. The van der Waals surface area contributed by atoms with E-state index < -0.39 is 17.6 Å². The number of aliphatic hydroxyl groups is 2. The summed E-state index contributed by atoms with van der Waals surface area (Å²) >= 11 is 0. The number of hydrogen-bond donors (Lipinski definition) is 2. The highest BCUT2D eigenvalue weighted by Crippen LogP contribution is 2.49. The van der Waals surface area contributed by atoms with Gasteiger partial charge in [-0.1, -0.05) is 93.9 Å². The maximum atomic E-state index is 11.3. The molecule has 0 fully saturated rings. The van der Waals surface area contributed by atoms with Crippen LogP contribution in [0.5, 0.6) is 0 Å². The van der Waals surface area contributed by atoms with Crippen LogP contribution in [0.4, 0.5) is 0 Å². The molecular formula is C21H44O2. The average Bonchev–Trinajstić information content (AvgIpc) is 2.42. The molecule has 0 rings (SSSR count). The van der Waals surface area contributed by atoms with Crippen LogP contribution in [0.1, 0.15) is 107 Å². The molecule has 0 amide bonds. The molecule has 0 aliphatic heterocycles. The van der Waals surface area contributed by atoms with Crippen molar-refractivity contribution in [1.29, 1.82) is 0 Å². The molecule has 2 N–H and O–H groups in total. The molecule has 2 unspecified atom stereocenters. The van der Waals surface area contributed by atoms with E-state index in [4.69, 9.17) is 0 Å². The number of rotatable bonds is 10. The average molecular weight is 329 g/mol. The lowest BCUT2D eigenvalue weighted by Crippen LogP contribution is -2.55. The van der Waals surface area contributed by atoms with E-state index in [0.29, 0.717) is 0 Å². The zero-order chi connectivity index (χ0) is 18.3. The number of hydrogen-bond acceptors (Lipinski definition) is 2. The van der Waals surface area contributed by atoms with E-state index in [2.05, 4.69) is 55.4 Å². The fourth-order valence-electron chi connectivity index (χ4n) is 3.95. The van der Waals surface area contributed by atoms with E-state index in [1.807, 2.05) is 0 Å². The Labute approximate surface area is 146 Å². The van der Waals surface area contributed by atoms with Crippen LogP contribution in [0.25, 0.3) is 0 Å². The van der Waals surface area contributed by atoms with Crippen molar-refractivity contribution in [2.24, 2.45) is 16.2 Å². The highest BCUT2D eigenvalue weighted by Gasteiger charge is 2.51. The summed E-state index contributed by atoms with van der Waals surface area (Å²) in [5.41, 5.74) is -0.837. The first-order valence-electron chi connectivity index (χ1n) is 9.79. The van der Waals surface area contributed by atoms with Gasteiger partial charge in [-0.25, -0.2) is 0 Å². The molecule has 2 atom stereocenters. The van der Waals surface area contributed by atoms with Crippen molar-refractivity contribution < 1.29 is 10.2 Å². The highest BCUT2D eigenvalue weighted by atomic mass is 16.3. The fourth-order valence-corrected chi connectivity index (χ4v) is 3.95. The zero-order valence-electron chi connectivity index (χ0n) is 17.2. The van der Waals surface area contributed by atoms with Gasteiger partial charge in [-0.05, 0) is 23.7 Å². The minimum atomic E-state index is -0.488. The lowest BCUT2D eigenvalue weighted by atomic mass is 9.58. The second-order valence-corrected chi connectivity index (χ2v) is 9.68. The minimum absolute atomic E-state index is 0.218. The van der Waals surface area contributed by atoms with E-state index >= 15 is 0 Å². The quantitative estimate of drug-likeness (QED) is 0.487. The van der Waals surface area contributed by atoms with E-state index in [1.54, 1.807) is 0 Å². The van der Waals surface area contributed by atoms with Crippen molar-refractivity contribution in [1.82, 2.24) is 0 Å². The Morgan fingerprint density at radius 2 is 0.913 bits per heavy atom. The molecule has 23 heavy (non-hydrogen) atoms. The third-order valence-electron chi connectivity index (χ3n) is 5.22. The first kappa shape index (κ1) is 22.9. The summed E-state index contributed by atoms with van der Waals surface area (Å²) in [5.74, 6) is 0. The third-order valence-corrected chi connectivity index (χ3v) is 5.22. The molecule has 0 aliphatic carbocycles. The minimum Gasteiger partial charge on any atom is -0.392 e. The van der Waals surface area contributed by atoms with E-state index in [1.165, 1.54) is 25.7 Å². The molecule has 2 nitrogen and oxygen atoms in total. The SMILES string of the molecule is CCCCCC(CCCCC)(C(O)C(C)(C)C)C(O)C(C)(C)C. The van der Waals surface area contributed by atoms with Gasteiger partial charge in [-0.3, -0.25) is 0 Å². The van der Waals surface area contributed by atoms with Gasteiger partial charge in [-0.2, -0.15) is 0 Å². The smallest absolute Gasteiger partial charge is 0.0669 e. The lowest BCUT2D eigenvalue weighted by Gasteiger charge is -2.51. The van der Waals surface area contributed by atoms with Gasteiger partial charge in [0.25, 0.3) is 0 Å². The Morgan fingerprint density at radius 3 is 1.13 bits per heavy atom. The van der Waals surface area contributed by atoms with Crippen LogP contribution < -0.4 is 0 Å². The molecule has 0 aromatic heterocycles. The van der Waals surface area contributed by atoms with Gasteiger partial charge in [0, 0.05) is 5.41 Å². The summed E-state index contributed by atoms with van der Waals surface area (Å²) in [6.45, 7) is 17.0. The van der Waals surface area contributed by atoms with E-state index in [-0.39, 0.29) is 10.8 Å². The van der Waals surface area contributed by atoms with Gasteiger partial charge in [0.15, 0.2) is 0 Å². The van der Waals surface area contributed by atoms with E-state index in [0.717, 1.165) is 25.7 Å². The van der Waals surface area contributed by atoms with Gasteiger partial charge in [0.2, 0.25) is 0 Å². The molecular weight excluding hydrogens is 284 g/mol. The topological polar surface area (TPSA) is 40.5 Å². The fraction of sp³-hybridized carbons (Fsp3) is 1.00. The maximum Gasteiger partial charge on any atom is 0.0669 e. The van der Waals surface area contributed by atoms with Crippen LogP contribution in [-0.4, -0.2) is 22.4 Å². The molecule has 0 aromatic carbocycles. The summed E-state index contributed by atoms with van der Waals surface area (Å²) in [5, 5.41) is 22.5. The van der Waals surface area contributed by atoms with Crippen LogP contribution >= 0.6 is 0 Å². The molecule has 140 valence electrons. The monoisotopic (exact) mass is 328 g/mol. The summed E-state index contributed by atoms with van der Waals surface area (Å²) < 4.78 is 0. The summed E-state index contributed by atoms with van der Waals surface area (Å²) in [4.78, 5) is 0. The molecule has 0 saturated carbocycles. The van der Waals surface area contributed by atoms with Crippen LogP contribution in [-0.2, 0) is 0 Å². The molecule has 0 radical (unpaired) electrons. The van der Waals surface area contributed by atoms with Crippen molar-refractivity contribution in [2.75, 3.05) is 0 Å². The van der Waals surface area contributed by atoms with Crippen LogP contribution in [0.15, 0.2) is 0 Å². The van der Waals surface area contributed by atoms with Gasteiger partial charge in [-0.15, -0.1) is 0 Å². The van der Waals surface area contributed by atoms with Crippen LogP contribution in [0.2, 0.25) is 0 Å². The Balaban J connectivity index is 5.68. The Morgan fingerprint density at radius 1 is 0.609 bits per heavy atom. The Hall–Kier alpha value is -0.0800. The first-order chi connectivity index (χ1) is 10.4. The molecule has 2 heteroatoms. The summed E-state index contributed by atoms with van der Waals surface area (Å²) in [6.07, 6.45) is 7.71. The van der Waals surface area contributed by atoms with Gasteiger partial charge in [0.05, 0.1) is 12.2 Å². The second-order valence-electron chi connectivity index (χ2n) is 9.68. The molecule has 0 bridgehead atoms. The molecule has 0 aliphatic rings. The maximum absolute atomic E-state index is 11.3. The molecule has 0 aromatic rings. The van der Waals surface area contributed by atoms with Crippen molar-refractivity contribution in [2.45, 2.75) is 119 Å². The predicted molar refractivity (Wildman–Crippen MR) is 102 cm³/mol. The molecule has 0 heterocycles. The highest BCUT2D eigenvalue weighted by molar-refractivity contribution is 5.00. The Bertz CT molecular complexity index is 277. The van der Waals surface area contributed by atoms with Crippen LogP contribution in [0, 0.1) is 16.2 Å². The van der Waals surface area contributed by atoms with E-state index in [9.17, 15) is 10.2 Å². The number of aliphatic hydroxyl groups excluding tert-OH is 2. The summed E-state index contributed by atoms with van der Waals surface area (Å²) in [7, 11) is 0.